The molecule has 6 nitrogen and oxygen atoms in total. The van der Waals surface area contributed by atoms with Crippen molar-refractivity contribution in [1.82, 2.24) is 15.2 Å². The van der Waals surface area contributed by atoms with Crippen LogP contribution in [0.1, 0.15) is 40.7 Å². The first-order chi connectivity index (χ1) is 16.5. The molecule has 1 amide bonds. The number of amides is 1. The number of carbonyl (C=O) groups excluding carboxylic acids is 1. The summed E-state index contributed by atoms with van der Waals surface area (Å²) >= 11 is 0. The summed E-state index contributed by atoms with van der Waals surface area (Å²) in [5.74, 6) is 1.32. The van der Waals surface area contributed by atoms with Crippen molar-refractivity contribution in [2.24, 2.45) is 0 Å². The third-order valence-corrected chi connectivity index (χ3v) is 6.59. The lowest BCUT2D eigenvalue weighted by molar-refractivity contribution is 0.0930. The standard InChI is InChI=1S/C22H22N2O3.C5H10FN/c1-14-6-7-15(26-2)11-18(14)21(25)24-22(8-9-22)19-12-16(27-3)13-20-17(19)5-4-10-23-20;6-2-5-7-3-1-4-7/h4-7,10-13H,8-9H2,1-3H3,(H,24,25);1-5H2. The molecule has 1 aliphatic heterocycles. The number of hydrogen-bond donors (Lipinski definition) is 1. The van der Waals surface area contributed by atoms with Crippen molar-refractivity contribution in [3.05, 3.63) is 65.4 Å². The van der Waals surface area contributed by atoms with E-state index in [0.29, 0.717) is 17.9 Å². The fraction of sp³-hybridized carbons (Fsp3) is 0.407. The smallest absolute Gasteiger partial charge is 0.252 e. The predicted octanol–water partition coefficient (Wildman–Crippen LogP) is 4.64. The minimum absolute atomic E-state index is 0.0937. The Hall–Kier alpha value is -3.19. The Balaban J connectivity index is 0.000000336. The molecule has 1 N–H and O–H groups in total. The van der Waals surface area contributed by atoms with Crippen molar-refractivity contribution in [2.75, 3.05) is 40.5 Å². The molecule has 0 spiro atoms. The molecule has 2 heterocycles. The van der Waals surface area contributed by atoms with Crippen LogP contribution in [0.15, 0.2) is 48.7 Å². The van der Waals surface area contributed by atoms with Gasteiger partial charge in [0.05, 0.1) is 25.3 Å². The summed E-state index contributed by atoms with van der Waals surface area (Å²) in [5, 5.41) is 4.30. The molecular weight excluding hydrogens is 433 g/mol. The third kappa shape index (κ3) is 5.14. The number of pyridine rings is 1. The Morgan fingerprint density at radius 1 is 1.12 bits per heavy atom. The summed E-state index contributed by atoms with van der Waals surface area (Å²) in [7, 11) is 3.25. The highest BCUT2D eigenvalue weighted by Crippen LogP contribution is 2.49. The van der Waals surface area contributed by atoms with Gasteiger partial charge in [-0.05, 0) is 74.7 Å². The zero-order chi connectivity index (χ0) is 24.1. The van der Waals surface area contributed by atoms with Gasteiger partial charge >= 0.3 is 0 Å². The molecule has 180 valence electrons. The molecule has 2 aliphatic rings. The van der Waals surface area contributed by atoms with Crippen LogP contribution in [0.5, 0.6) is 11.5 Å². The van der Waals surface area contributed by atoms with Gasteiger partial charge in [-0.25, -0.2) is 4.39 Å². The summed E-state index contributed by atoms with van der Waals surface area (Å²) in [6.45, 7) is 4.63. The van der Waals surface area contributed by atoms with Gasteiger partial charge in [-0.15, -0.1) is 0 Å². The minimum atomic E-state index is -0.386. The molecule has 2 fully saturated rings. The van der Waals surface area contributed by atoms with Crippen LogP contribution in [0, 0.1) is 6.92 Å². The number of aryl methyl sites for hydroxylation is 1. The van der Waals surface area contributed by atoms with Crippen LogP contribution in [0.2, 0.25) is 0 Å². The van der Waals surface area contributed by atoms with E-state index in [0.717, 1.165) is 53.7 Å². The first kappa shape index (κ1) is 24.0. The van der Waals surface area contributed by atoms with Gasteiger partial charge in [-0.3, -0.25) is 9.78 Å². The van der Waals surface area contributed by atoms with Gasteiger partial charge in [0.15, 0.2) is 0 Å². The molecular formula is C27H32FN3O3. The van der Waals surface area contributed by atoms with Crippen LogP contribution in [-0.2, 0) is 5.54 Å². The van der Waals surface area contributed by atoms with Crippen LogP contribution in [-0.4, -0.2) is 56.3 Å². The Bertz CT molecular complexity index is 1160. The number of alkyl halides is 1. The monoisotopic (exact) mass is 465 g/mol. The summed E-state index contributed by atoms with van der Waals surface area (Å²) in [5.41, 5.74) is 3.08. The Morgan fingerprint density at radius 3 is 2.47 bits per heavy atom. The van der Waals surface area contributed by atoms with Gasteiger partial charge in [0.2, 0.25) is 0 Å². The van der Waals surface area contributed by atoms with Crippen molar-refractivity contribution in [1.29, 1.82) is 0 Å². The van der Waals surface area contributed by atoms with Crippen LogP contribution in [0.3, 0.4) is 0 Å². The average molecular weight is 466 g/mol. The van der Waals surface area contributed by atoms with Crippen molar-refractivity contribution in [3.63, 3.8) is 0 Å². The molecule has 3 aromatic rings. The lowest BCUT2D eigenvalue weighted by Crippen LogP contribution is -2.38. The van der Waals surface area contributed by atoms with Gasteiger partial charge in [0.25, 0.3) is 5.91 Å². The van der Waals surface area contributed by atoms with E-state index < -0.39 is 0 Å². The molecule has 1 aliphatic carbocycles. The molecule has 0 atom stereocenters. The molecule has 0 radical (unpaired) electrons. The molecule has 7 heteroatoms. The van der Waals surface area contributed by atoms with Crippen LogP contribution in [0.4, 0.5) is 4.39 Å². The lowest BCUT2D eigenvalue weighted by atomic mass is 9.97. The second kappa shape index (κ2) is 10.4. The Morgan fingerprint density at radius 2 is 1.88 bits per heavy atom. The number of benzene rings is 2. The second-order valence-corrected chi connectivity index (χ2v) is 8.85. The third-order valence-electron chi connectivity index (χ3n) is 6.59. The number of likely N-dealkylation sites (tertiary alicyclic amines) is 1. The Labute approximate surface area is 200 Å². The number of fused-ring (bicyclic) bond motifs is 1. The average Bonchev–Trinajstić information content (AvgIpc) is 3.61. The summed E-state index contributed by atoms with van der Waals surface area (Å²) in [6.07, 6.45) is 4.81. The molecule has 1 aromatic heterocycles. The molecule has 2 aromatic carbocycles. The number of nitrogens with one attached hydrogen (secondary N) is 1. The van der Waals surface area contributed by atoms with Crippen LogP contribution < -0.4 is 14.8 Å². The van der Waals surface area contributed by atoms with Crippen molar-refractivity contribution >= 4 is 16.8 Å². The molecule has 1 saturated heterocycles. The maximum absolute atomic E-state index is 13.0. The van der Waals surface area contributed by atoms with Crippen LogP contribution >= 0.6 is 0 Å². The first-order valence-corrected chi connectivity index (χ1v) is 11.7. The number of nitrogens with zero attached hydrogens (tertiary/aromatic N) is 2. The van der Waals surface area contributed by atoms with Gasteiger partial charge in [0, 0.05) is 29.8 Å². The number of methoxy groups -OCH3 is 2. The fourth-order valence-electron chi connectivity index (χ4n) is 4.24. The number of ether oxygens (including phenoxy) is 2. The van der Waals surface area contributed by atoms with E-state index in [4.69, 9.17) is 9.47 Å². The van der Waals surface area contributed by atoms with E-state index in [1.165, 1.54) is 6.42 Å². The van der Waals surface area contributed by atoms with Gasteiger partial charge in [-0.2, -0.15) is 0 Å². The van der Waals surface area contributed by atoms with E-state index in [-0.39, 0.29) is 18.1 Å². The highest BCUT2D eigenvalue weighted by molar-refractivity contribution is 5.97. The zero-order valence-electron chi connectivity index (χ0n) is 20.1. The predicted molar refractivity (Wildman–Crippen MR) is 131 cm³/mol. The number of rotatable bonds is 7. The molecule has 1 saturated carbocycles. The number of halogens is 1. The molecule has 5 rings (SSSR count). The maximum Gasteiger partial charge on any atom is 0.252 e. The van der Waals surface area contributed by atoms with Crippen LogP contribution in [0.25, 0.3) is 10.9 Å². The number of carbonyl (C=O) groups is 1. The SMILES string of the molecule is COc1ccc(C)c(C(=O)NC2(c3cc(OC)cc4ncccc34)CC2)c1.FCCN1CCC1. The fourth-order valence-corrected chi connectivity index (χ4v) is 4.24. The molecule has 34 heavy (non-hydrogen) atoms. The highest BCUT2D eigenvalue weighted by atomic mass is 19.1. The van der Waals surface area contributed by atoms with E-state index in [1.807, 2.05) is 43.3 Å². The van der Waals surface area contributed by atoms with E-state index in [1.54, 1.807) is 26.5 Å². The van der Waals surface area contributed by atoms with E-state index in [9.17, 15) is 9.18 Å². The zero-order valence-corrected chi connectivity index (χ0v) is 20.1. The quantitative estimate of drug-likeness (QED) is 0.551. The largest absolute Gasteiger partial charge is 0.497 e. The van der Waals surface area contributed by atoms with E-state index in [2.05, 4.69) is 15.2 Å². The normalized spacial score (nSPS) is 16.1. The summed E-state index contributed by atoms with van der Waals surface area (Å²) in [6, 6.07) is 13.4. The van der Waals surface area contributed by atoms with Gasteiger partial charge in [-0.1, -0.05) is 12.1 Å². The van der Waals surface area contributed by atoms with E-state index >= 15 is 0 Å². The highest BCUT2D eigenvalue weighted by Gasteiger charge is 2.47. The maximum atomic E-state index is 13.0. The first-order valence-electron chi connectivity index (χ1n) is 11.7. The van der Waals surface area contributed by atoms with Crippen molar-refractivity contribution in [2.45, 2.75) is 31.7 Å². The summed E-state index contributed by atoms with van der Waals surface area (Å²) < 4.78 is 22.2. The number of hydrogen-bond acceptors (Lipinski definition) is 5. The molecule has 0 unspecified atom stereocenters. The summed E-state index contributed by atoms with van der Waals surface area (Å²) in [4.78, 5) is 19.6. The Kier molecular flexibility index (Phi) is 7.32. The van der Waals surface area contributed by atoms with Gasteiger partial charge < -0.3 is 19.7 Å². The van der Waals surface area contributed by atoms with Gasteiger partial charge in [0.1, 0.15) is 18.2 Å². The molecule has 0 bridgehead atoms. The second-order valence-electron chi connectivity index (χ2n) is 8.85. The lowest BCUT2D eigenvalue weighted by Gasteiger charge is -2.29. The van der Waals surface area contributed by atoms with Crippen molar-refractivity contribution < 1.29 is 18.7 Å². The van der Waals surface area contributed by atoms with Crippen molar-refractivity contribution in [3.8, 4) is 11.5 Å². The number of aromatic nitrogens is 1. The topological polar surface area (TPSA) is 63.7 Å². The minimum Gasteiger partial charge on any atom is -0.497 e.